The molecule has 1 aromatic rings. The molecular weight excluding hydrogens is 232 g/mol. The molecule has 4 nitrogen and oxygen atoms in total. The molecule has 1 heterocycles. The SMILES string of the molecule is COC(=O)C1(C)Cc2cc(C)c(C)cc2C(=O)O1. The number of methoxy groups -OCH3 is 1. The fourth-order valence-electron chi connectivity index (χ4n) is 2.20. The highest BCUT2D eigenvalue weighted by Crippen LogP contribution is 2.30. The lowest BCUT2D eigenvalue weighted by Crippen LogP contribution is -2.46. The lowest BCUT2D eigenvalue weighted by atomic mass is 9.88. The highest BCUT2D eigenvalue weighted by atomic mass is 16.6. The summed E-state index contributed by atoms with van der Waals surface area (Å²) in [6, 6.07) is 3.75. The molecule has 0 saturated heterocycles. The second-order valence-corrected chi connectivity index (χ2v) is 4.88. The average molecular weight is 248 g/mol. The van der Waals surface area contributed by atoms with Gasteiger partial charge in [-0.25, -0.2) is 9.59 Å². The molecule has 0 saturated carbocycles. The van der Waals surface area contributed by atoms with E-state index >= 15 is 0 Å². The molecule has 1 atom stereocenters. The summed E-state index contributed by atoms with van der Waals surface area (Å²) < 4.78 is 9.93. The molecule has 0 bridgehead atoms. The van der Waals surface area contributed by atoms with Gasteiger partial charge in [-0.1, -0.05) is 6.07 Å². The number of ether oxygens (including phenoxy) is 2. The molecule has 0 amide bonds. The van der Waals surface area contributed by atoms with Crippen LogP contribution in [0.15, 0.2) is 12.1 Å². The summed E-state index contributed by atoms with van der Waals surface area (Å²) in [5.41, 5.74) is 2.28. The smallest absolute Gasteiger partial charge is 0.350 e. The zero-order valence-electron chi connectivity index (χ0n) is 11.0. The highest BCUT2D eigenvalue weighted by molar-refractivity contribution is 5.96. The molecule has 0 spiro atoms. The minimum absolute atomic E-state index is 0.349. The minimum Gasteiger partial charge on any atom is -0.466 e. The Morgan fingerprint density at radius 2 is 1.94 bits per heavy atom. The second-order valence-electron chi connectivity index (χ2n) is 4.88. The molecule has 1 aliphatic heterocycles. The number of benzene rings is 1. The number of rotatable bonds is 1. The van der Waals surface area contributed by atoms with Crippen molar-refractivity contribution in [3.8, 4) is 0 Å². The van der Waals surface area contributed by atoms with E-state index in [-0.39, 0.29) is 0 Å². The van der Waals surface area contributed by atoms with Gasteiger partial charge in [-0.15, -0.1) is 0 Å². The lowest BCUT2D eigenvalue weighted by molar-refractivity contribution is -0.161. The summed E-state index contributed by atoms with van der Waals surface area (Å²) in [6.45, 7) is 5.50. The number of hydrogen-bond donors (Lipinski definition) is 0. The molecule has 0 fully saturated rings. The molecular formula is C14H16O4. The van der Waals surface area contributed by atoms with E-state index in [9.17, 15) is 9.59 Å². The Balaban J connectivity index is 2.49. The molecule has 0 radical (unpaired) electrons. The van der Waals surface area contributed by atoms with Gasteiger partial charge in [0.15, 0.2) is 0 Å². The first-order valence-corrected chi connectivity index (χ1v) is 5.79. The minimum atomic E-state index is -1.22. The quantitative estimate of drug-likeness (QED) is 0.713. The third-order valence-corrected chi connectivity index (χ3v) is 3.40. The van der Waals surface area contributed by atoms with Gasteiger partial charge in [-0.05, 0) is 43.5 Å². The van der Waals surface area contributed by atoms with Gasteiger partial charge >= 0.3 is 11.9 Å². The zero-order valence-corrected chi connectivity index (χ0v) is 11.0. The summed E-state index contributed by atoms with van der Waals surface area (Å²) in [7, 11) is 1.29. The Morgan fingerprint density at radius 3 is 2.56 bits per heavy atom. The van der Waals surface area contributed by atoms with Crippen LogP contribution in [0.5, 0.6) is 0 Å². The molecule has 1 aromatic carbocycles. The van der Waals surface area contributed by atoms with E-state index in [1.165, 1.54) is 7.11 Å². The van der Waals surface area contributed by atoms with Crippen molar-refractivity contribution in [1.29, 1.82) is 0 Å². The lowest BCUT2D eigenvalue weighted by Gasteiger charge is -2.32. The summed E-state index contributed by atoms with van der Waals surface area (Å²) >= 11 is 0. The van der Waals surface area contributed by atoms with Crippen LogP contribution in [-0.4, -0.2) is 24.6 Å². The van der Waals surface area contributed by atoms with Gasteiger partial charge < -0.3 is 9.47 Å². The summed E-state index contributed by atoms with van der Waals surface area (Å²) in [4.78, 5) is 23.7. The summed E-state index contributed by atoms with van der Waals surface area (Å²) in [6.07, 6.45) is 0.349. The van der Waals surface area contributed by atoms with Crippen LogP contribution in [0.3, 0.4) is 0 Å². The van der Waals surface area contributed by atoms with E-state index in [0.29, 0.717) is 12.0 Å². The first-order chi connectivity index (χ1) is 8.37. The monoisotopic (exact) mass is 248 g/mol. The Bertz CT molecular complexity index is 533. The standard InChI is InChI=1S/C14H16O4/c1-8-5-10-7-14(3,13(16)17-4)18-12(15)11(10)6-9(8)2/h5-6H,7H2,1-4H3. The Morgan fingerprint density at radius 1 is 1.33 bits per heavy atom. The van der Waals surface area contributed by atoms with Crippen LogP contribution in [0.25, 0.3) is 0 Å². The van der Waals surface area contributed by atoms with E-state index in [1.54, 1.807) is 6.92 Å². The summed E-state index contributed by atoms with van der Waals surface area (Å²) in [5.74, 6) is -0.994. The van der Waals surface area contributed by atoms with E-state index in [2.05, 4.69) is 0 Å². The van der Waals surface area contributed by atoms with Crippen LogP contribution in [0, 0.1) is 13.8 Å². The van der Waals surface area contributed by atoms with Crippen LogP contribution < -0.4 is 0 Å². The maximum Gasteiger partial charge on any atom is 0.350 e. The van der Waals surface area contributed by atoms with Crippen molar-refractivity contribution < 1.29 is 19.1 Å². The average Bonchev–Trinajstić information content (AvgIpc) is 2.31. The largest absolute Gasteiger partial charge is 0.466 e. The maximum absolute atomic E-state index is 12.0. The molecule has 4 heteroatoms. The van der Waals surface area contributed by atoms with E-state index in [0.717, 1.165) is 16.7 Å². The number of fused-ring (bicyclic) bond motifs is 1. The van der Waals surface area contributed by atoms with Crippen molar-refractivity contribution in [2.75, 3.05) is 7.11 Å². The highest BCUT2D eigenvalue weighted by Gasteiger charge is 2.43. The Kier molecular flexibility index (Phi) is 2.89. The van der Waals surface area contributed by atoms with Gasteiger partial charge in [0, 0.05) is 6.42 Å². The van der Waals surface area contributed by atoms with E-state index < -0.39 is 17.5 Å². The third-order valence-electron chi connectivity index (χ3n) is 3.40. The number of hydrogen-bond acceptors (Lipinski definition) is 4. The topological polar surface area (TPSA) is 52.6 Å². The molecule has 2 rings (SSSR count). The van der Waals surface area contributed by atoms with Crippen LogP contribution in [-0.2, 0) is 20.7 Å². The van der Waals surface area contributed by atoms with Gasteiger partial charge in [0.25, 0.3) is 0 Å². The number of cyclic esters (lactones) is 1. The molecule has 18 heavy (non-hydrogen) atoms. The van der Waals surface area contributed by atoms with Crippen molar-refractivity contribution in [2.24, 2.45) is 0 Å². The van der Waals surface area contributed by atoms with Crippen molar-refractivity contribution in [2.45, 2.75) is 32.8 Å². The van der Waals surface area contributed by atoms with Crippen molar-refractivity contribution >= 4 is 11.9 Å². The molecule has 0 aromatic heterocycles. The fourth-order valence-corrected chi connectivity index (χ4v) is 2.20. The maximum atomic E-state index is 12.0. The van der Waals surface area contributed by atoms with Gasteiger partial charge in [-0.3, -0.25) is 0 Å². The number of carbonyl (C=O) groups is 2. The normalized spacial score (nSPS) is 22.1. The van der Waals surface area contributed by atoms with Gasteiger partial charge in [0.1, 0.15) is 0 Å². The first-order valence-electron chi connectivity index (χ1n) is 5.79. The van der Waals surface area contributed by atoms with Crippen LogP contribution in [0.4, 0.5) is 0 Å². The Hall–Kier alpha value is -1.84. The predicted molar refractivity (Wildman–Crippen MR) is 65.5 cm³/mol. The zero-order chi connectivity index (χ0) is 13.5. The molecule has 0 N–H and O–H groups in total. The number of carbonyl (C=O) groups excluding carboxylic acids is 2. The predicted octanol–water partition coefficient (Wildman–Crippen LogP) is 1.95. The van der Waals surface area contributed by atoms with Crippen LogP contribution >= 0.6 is 0 Å². The second kappa shape index (κ2) is 4.12. The number of esters is 2. The van der Waals surface area contributed by atoms with Gasteiger partial charge in [-0.2, -0.15) is 0 Å². The first kappa shape index (κ1) is 12.6. The molecule has 1 aliphatic rings. The van der Waals surface area contributed by atoms with Crippen molar-refractivity contribution in [3.63, 3.8) is 0 Å². The van der Waals surface area contributed by atoms with Crippen molar-refractivity contribution in [1.82, 2.24) is 0 Å². The molecule has 1 unspecified atom stereocenters. The molecule has 96 valence electrons. The van der Waals surface area contributed by atoms with Gasteiger partial charge in [0.2, 0.25) is 5.60 Å². The number of aryl methyl sites for hydroxylation is 2. The van der Waals surface area contributed by atoms with E-state index in [1.807, 2.05) is 26.0 Å². The summed E-state index contributed by atoms with van der Waals surface area (Å²) in [5, 5.41) is 0. The molecule has 0 aliphatic carbocycles. The fraction of sp³-hybridized carbons (Fsp3) is 0.429. The van der Waals surface area contributed by atoms with Gasteiger partial charge in [0.05, 0.1) is 12.7 Å². The third kappa shape index (κ3) is 1.88. The van der Waals surface area contributed by atoms with Crippen LogP contribution in [0.1, 0.15) is 34.0 Å². The van der Waals surface area contributed by atoms with Crippen LogP contribution in [0.2, 0.25) is 0 Å². The van der Waals surface area contributed by atoms with E-state index in [4.69, 9.17) is 9.47 Å². The Labute approximate surface area is 106 Å². The van der Waals surface area contributed by atoms with Crippen molar-refractivity contribution in [3.05, 3.63) is 34.4 Å².